The molecule has 3 aromatic carbocycles. The van der Waals surface area contributed by atoms with Crippen molar-refractivity contribution in [3.8, 4) is 11.1 Å². The molecule has 1 aliphatic rings. The van der Waals surface area contributed by atoms with Crippen LogP contribution in [0.1, 0.15) is 30.1 Å². The number of likely N-dealkylation sites (tertiary alicyclic amines) is 1. The van der Waals surface area contributed by atoms with E-state index in [-0.39, 0.29) is 23.0 Å². The molecular weight excluding hydrogens is 454 g/mol. The smallest absolute Gasteiger partial charge is 0.255 e. The number of amides is 3. The van der Waals surface area contributed by atoms with Crippen LogP contribution in [0.25, 0.3) is 11.1 Å². The topological polar surface area (TPSA) is 105 Å². The molecule has 1 fully saturated rings. The Balaban J connectivity index is 1.46. The van der Waals surface area contributed by atoms with Gasteiger partial charge in [-0.1, -0.05) is 18.2 Å². The van der Waals surface area contributed by atoms with Crippen molar-refractivity contribution in [3.05, 3.63) is 77.9 Å². The minimum atomic E-state index is -0.793. The first-order valence-corrected chi connectivity index (χ1v) is 11.1. The monoisotopic (exact) mass is 478 g/mol. The first-order chi connectivity index (χ1) is 16.7. The summed E-state index contributed by atoms with van der Waals surface area (Å²) in [6.45, 7) is 2.07. The van der Waals surface area contributed by atoms with E-state index in [0.717, 1.165) is 11.6 Å². The van der Waals surface area contributed by atoms with Crippen molar-refractivity contribution in [1.82, 2.24) is 4.90 Å². The highest BCUT2D eigenvalue weighted by Gasteiger charge is 2.29. The maximum Gasteiger partial charge on any atom is 0.255 e. The van der Waals surface area contributed by atoms with E-state index in [1.54, 1.807) is 37.3 Å². The van der Waals surface area contributed by atoms with E-state index in [2.05, 4.69) is 10.6 Å². The van der Waals surface area contributed by atoms with Gasteiger partial charge in [0.25, 0.3) is 5.91 Å². The summed E-state index contributed by atoms with van der Waals surface area (Å²) < 4.78 is 27.9. The summed E-state index contributed by atoms with van der Waals surface area (Å²) in [5, 5.41) is 5.14. The van der Waals surface area contributed by atoms with Gasteiger partial charge in [0.1, 0.15) is 17.7 Å². The number of nitrogens with zero attached hydrogens (tertiary/aromatic N) is 1. The molecule has 7 nitrogen and oxygen atoms in total. The van der Waals surface area contributed by atoms with Crippen LogP contribution in [0.4, 0.5) is 25.8 Å². The average molecular weight is 478 g/mol. The lowest BCUT2D eigenvalue weighted by Gasteiger charge is -2.23. The predicted octanol–water partition coefficient (Wildman–Crippen LogP) is 4.42. The maximum atomic E-state index is 14.7. The van der Waals surface area contributed by atoms with Gasteiger partial charge in [-0.25, -0.2) is 8.78 Å². The van der Waals surface area contributed by atoms with Gasteiger partial charge >= 0.3 is 0 Å². The second-order valence-electron chi connectivity index (χ2n) is 8.31. The van der Waals surface area contributed by atoms with E-state index < -0.39 is 23.7 Å². The van der Waals surface area contributed by atoms with Crippen molar-refractivity contribution >= 4 is 34.8 Å². The Morgan fingerprint density at radius 3 is 2.31 bits per heavy atom. The van der Waals surface area contributed by atoms with E-state index in [1.165, 1.54) is 29.2 Å². The third kappa shape index (κ3) is 5.29. The largest absolute Gasteiger partial charge is 0.397 e. The second-order valence-corrected chi connectivity index (χ2v) is 8.31. The molecule has 0 aliphatic carbocycles. The second kappa shape index (κ2) is 9.92. The predicted molar refractivity (Wildman–Crippen MR) is 130 cm³/mol. The third-order valence-corrected chi connectivity index (χ3v) is 5.93. The number of anilines is 3. The first-order valence-electron chi connectivity index (χ1n) is 11.1. The molecule has 0 bridgehead atoms. The Morgan fingerprint density at radius 1 is 0.943 bits per heavy atom. The number of nitrogen functional groups attached to an aromatic ring is 1. The number of carbonyl (C=O) groups excluding carboxylic acids is 3. The highest BCUT2D eigenvalue weighted by atomic mass is 19.1. The molecule has 180 valence electrons. The molecule has 0 saturated carbocycles. The Bertz CT molecular complexity index is 1290. The van der Waals surface area contributed by atoms with Gasteiger partial charge in [-0.05, 0) is 66.9 Å². The maximum absolute atomic E-state index is 14.7. The number of nitrogens with two attached hydrogens (primary N) is 1. The minimum Gasteiger partial charge on any atom is -0.397 e. The normalized spacial score (nSPS) is 14.0. The Labute approximate surface area is 200 Å². The molecule has 4 rings (SSSR count). The highest BCUT2D eigenvalue weighted by Crippen LogP contribution is 2.28. The highest BCUT2D eigenvalue weighted by molar-refractivity contribution is 6.06. The van der Waals surface area contributed by atoms with Crippen molar-refractivity contribution in [2.45, 2.75) is 25.8 Å². The summed E-state index contributed by atoms with van der Waals surface area (Å²) in [7, 11) is 0. The van der Waals surface area contributed by atoms with E-state index in [0.29, 0.717) is 36.3 Å². The molecule has 0 aromatic heterocycles. The molecule has 1 aliphatic heterocycles. The standard InChI is InChI=1S/C26H24F2N4O3/c1-15(32-12-2-3-24(32)33)25(34)30-22-11-7-18(13-20(22)28)26(35)31-23-14-17(6-10-21(23)29)16-4-8-19(27)9-5-16/h4-11,13-15H,2-3,12,29H2,1H3,(H,30,34)(H,31,35). The molecule has 1 atom stereocenters. The molecule has 0 radical (unpaired) electrons. The van der Waals surface area contributed by atoms with Gasteiger partial charge in [0.15, 0.2) is 0 Å². The number of hydrogen-bond acceptors (Lipinski definition) is 4. The number of hydrogen-bond donors (Lipinski definition) is 3. The van der Waals surface area contributed by atoms with Crippen molar-refractivity contribution in [1.29, 1.82) is 0 Å². The van der Waals surface area contributed by atoms with Gasteiger partial charge < -0.3 is 21.3 Å². The van der Waals surface area contributed by atoms with Crippen LogP contribution in [-0.4, -0.2) is 35.2 Å². The zero-order valence-corrected chi connectivity index (χ0v) is 19.0. The van der Waals surface area contributed by atoms with Crippen LogP contribution >= 0.6 is 0 Å². The molecule has 35 heavy (non-hydrogen) atoms. The molecule has 9 heteroatoms. The first kappa shape index (κ1) is 23.9. The fourth-order valence-corrected chi connectivity index (χ4v) is 3.90. The van der Waals surface area contributed by atoms with Crippen molar-refractivity contribution in [2.75, 3.05) is 22.9 Å². The molecule has 3 aromatic rings. The number of carbonyl (C=O) groups is 3. The van der Waals surface area contributed by atoms with Crippen molar-refractivity contribution in [2.24, 2.45) is 0 Å². The molecule has 4 N–H and O–H groups in total. The Kier molecular flexibility index (Phi) is 6.77. The summed E-state index contributed by atoms with van der Waals surface area (Å²) in [5.74, 6) is -2.37. The zero-order valence-electron chi connectivity index (χ0n) is 19.0. The lowest BCUT2D eigenvalue weighted by atomic mass is 10.0. The van der Waals surface area contributed by atoms with Gasteiger partial charge in [-0.2, -0.15) is 0 Å². The summed E-state index contributed by atoms with van der Waals surface area (Å²) in [6, 6.07) is 13.8. The van der Waals surface area contributed by atoms with Crippen LogP contribution < -0.4 is 16.4 Å². The summed E-state index contributed by atoms with van der Waals surface area (Å²) in [5.41, 5.74) is 7.99. The van der Waals surface area contributed by atoms with E-state index in [9.17, 15) is 23.2 Å². The van der Waals surface area contributed by atoms with E-state index in [4.69, 9.17) is 5.73 Å². The quantitative estimate of drug-likeness (QED) is 0.456. The molecule has 1 saturated heterocycles. The molecule has 3 amide bonds. The molecule has 1 unspecified atom stereocenters. The van der Waals surface area contributed by atoms with Crippen LogP contribution in [-0.2, 0) is 9.59 Å². The average Bonchev–Trinajstić information content (AvgIpc) is 3.27. The number of halogens is 2. The van der Waals surface area contributed by atoms with Gasteiger partial charge in [0, 0.05) is 18.5 Å². The van der Waals surface area contributed by atoms with E-state index in [1.807, 2.05) is 0 Å². The number of benzene rings is 3. The van der Waals surface area contributed by atoms with Crippen LogP contribution in [0.2, 0.25) is 0 Å². The van der Waals surface area contributed by atoms with Gasteiger partial charge in [-0.3, -0.25) is 14.4 Å². The lowest BCUT2D eigenvalue weighted by molar-refractivity contribution is -0.134. The molecular formula is C26H24F2N4O3. The zero-order chi connectivity index (χ0) is 25.1. The van der Waals surface area contributed by atoms with Gasteiger partial charge in [0.05, 0.1) is 17.1 Å². The number of rotatable bonds is 6. The van der Waals surface area contributed by atoms with Gasteiger partial charge in [0.2, 0.25) is 11.8 Å². The third-order valence-electron chi connectivity index (χ3n) is 5.93. The minimum absolute atomic E-state index is 0.0230. The molecule has 0 spiro atoms. The fraction of sp³-hybridized carbons (Fsp3) is 0.192. The summed E-state index contributed by atoms with van der Waals surface area (Å²) in [4.78, 5) is 38.5. The van der Waals surface area contributed by atoms with Gasteiger partial charge in [-0.15, -0.1) is 0 Å². The molecule has 1 heterocycles. The number of nitrogens with one attached hydrogen (secondary N) is 2. The van der Waals surface area contributed by atoms with Crippen LogP contribution in [0, 0.1) is 11.6 Å². The van der Waals surface area contributed by atoms with E-state index >= 15 is 0 Å². The van der Waals surface area contributed by atoms with Crippen LogP contribution in [0.5, 0.6) is 0 Å². The van der Waals surface area contributed by atoms with Crippen LogP contribution in [0.3, 0.4) is 0 Å². The van der Waals surface area contributed by atoms with Crippen molar-refractivity contribution < 1.29 is 23.2 Å². The SMILES string of the molecule is CC(C(=O)Nc1ccc(C(=O)Nc2cc(-c3ccc(F)cc3)ccc2N)cc1F)N1CCCC1=O. The Hall–Kier alpha value is -4.27. The Morgan fingerprint density at radius 2 is 1.66 bits per heavy atom. The summed E-state index contributed by atoms with van der Waals surface area (Å²) in [6.07, 6.45) is 1.08. The lowest BCUT2D eigenvalue weighted by Crippen LogP contribution is -2.42. The fourth-order valence-electron chi connectivity index (χ4n) is 3.90. The van der Waals surface area contributed by atoms with Crippen molar-refractivity contribution in [3.63, 3.8) is 0 Å². The summed E-state index contributed by atoms with van der Waals surface area (Å²) >= 11 is 0. The van der Waals surface area contributed by atoms with Crippen LogP contribution in [0.15, 0.2) is 60.7 Å².